The monoisotopic (exact) mass is 362 g/mol. The summed E-state index contributed by atoms with van der Waals surface area (Å²) in [5.74, 6) is 0. The van der Waals surface area contributed by atoms with Crippen molar-refractivity contribution in [3.05, 3.63) is 59.8 Å². The highest BCUT2D eigenvalue weighted by Crippen LogP contribution is 2.48. The summed E-state index contributed by atoms with van der Waals surface area (Å²) in [4.78, 5) is 2.47. The third-order valence-electron chi connectivity index (χ3n) is 5.16. The van der Waals surface area contributed by atoms with E-state index in [2.05, 4.69) is 45.6 Å². The van der Waals surface area contributed by atoms with Crippen LogP contribution in [-0.4, -0.2) is 50.2 Å². The molecule has 2 fully saturated rings. The van der Waals surface area contributed by atoms with Crippen molar-refractivity contribution >= 4 is 23.5 Å². The van der Waals surface area contributed by atoms with Crippen LogP contribution in [-0.2, 0) is 6.54 Å². The Bertz CT molecular complexity index is 650. The van der Waals surface area contributed by atoms with Gasteiger partial charge in [-0.2, -0.15) is 0 Å². The first kappa shape index (κ1) is 16.5. The summed E-state index contributed by atoms with van der Waals surface area (Å²) in [5, 5.41) is 10.8. The Balaban J connectivity index is 1.43. The minimum absolute atomic E-state index is 0.0671. The van der Waals surface area contributed by atoms with Crippen molar-refractivity contribution < 1.29 is 5.11 Å². The van der Waals surface area contributed by atoms with E-state index in [1.165, 1.54) is 11.3 Å². The number of aliphatic hydroxyl groups excluding tert-OH is 1. The highest BCUT2D eigenvalue weighted by atomic mass is 35.5. The first-order valence-corrected chi connectivity index (χ1v) is 9.78. The predicted octanol–water partition coefficient (Wildman–Crippen LogP) is 3.41. The van der Waals surface area contributed by atoms with Crippen molar-refractivity contribution in [2.24, 2.45) is 0 Å². The molecule has 4 rings (SSSR count). The zero-order valence-electron chi connectivity index (χ0n) is 13.6. The molecule has 3 atom stereocenters. The minimum atomic E-state index is -0.288. The number of β-amino-alcohol motifs (C(OH)–C–C–N with tert-alkyl or cyclic N) is 1. The van der Waals surface area contributed by atoms with E-state index in [1.807, 2.05) is 24.1 Å². The average Bonchev–Trinajstić information content (AvgIpc) is 3.13. The number of hydrogen-bond acceptors (Lipinski definition) is 4. The van der Waals surface area contributed by atoms with Gasteiger partial charge in [-0.05, 0) is 30.0 Å². The lowest BCUT2D eigenvalue weighted by atomic mass is 10.0. The molecule has 3 nitrogen and oxygen atoms in total. The Morgan fingerprint density at radius 1 is 1.29 bits per heavy atom. The number of hydrogen-bond donors (Lipinski definition) is 1. The van der Waals surface area contributed by atoms with Crippen molar-refractivity contribution in [3.8, 4) is 0 Å². The molecule has 2 aliphatic heterocycles. The standard InChI is InChI=1S/C19H23ClN2OS/c20-16-7-4-8-17(11-16)22-13-18(23)19(24-22)9-10-21(14-19)12-15-5-2-1-3-6-15/h1-8,16,18,23H,9-14H2/t16?,18-,19+/m0/s1. The third-order valence-corrected chi connectivity index (χ3v) is 7.04. The topological polar surface area (TPSA) is 26.7 Å². The van der Waals surface area contributed by atoms with Gasteiger partial charge in [-0.25, -0.2) is 0 Å². The third kappa shape index (κ3) is 3.25. The molecule has 0 radical (unpaired) electrons. The van der Waals surface area contributed by atoms with Gasteiger partial charge in [0.1, 0.15) is 0 Å². The van der Waals surface area contributed by atoms with Gasteiger partial charge in [0.15, 0.2) is 0 Å². The van der Waals surface area contributed by atoms with Gasteiger partial charge in [0.25, 0.3) is 0 Å². The molecule has 0 bridgehead atoms. The van der Waals surface area contributed by atoms with Crippen LogP contribution >= 0.6 is 23.5 Å². The summed E-state index contributed by atoms with van der Waals surface area (Å²) in [7, 11) is 0. The molecule has 3 aliphatic rings. The Kier molecular flexibility index (Phi) is 4.65. The molecule has 1 aromatic carbocycles. The largest absolute Gasteiger partial charge is 0.390 e. The van der Waals surface area contributed by atoms with E-state index in [9.17, 15) is 5.11 Å². The van der Waals surface area contributed by atoms with Crippen LogP contribution in [0.2, 0.25) is 0 Å². The van der Waals surface area contributed by atoms with Crippen LogP contribution in [0.1, 0.15) is 18.4 Å². The molecule has 0 amide bonds. The molecule has 2 saturated heterocycles. The van der Waals surface area contributed by atoms with Crippen LogP contribution in [0.15, 0.2) is 54.3 Å². The highest BCUT2D eigenvalue weighted by molar-refractivity contribution is 7.98. The van der Waals surface area contributed by atoms with Gasteiger partial charge in [-0.1, -0.05) is 42.5 Å². The van der Waals surface area contributed by atoms with E-state index in [1.54, 1.807) is 0 Å². The molecule has 5 heteroatoms. The molecule has 1 aromatic rings. The van der Waals surface area contributed by atoms with E-state index < -0.39 is 0 Å². The van der Waals surface area contributed by atoms with Crippen LogP contribution in [0.4, 0.5) is 0 Å². The Hall–Kier alpha value is -0.940. The van der Waals surface area contributed by atoms with Gasteiger partial charge in [0, 0.05) is 31.8 Å². The van der Waals surface area contributed by atoms with Crippen molar-refractivity contribution in [2.75, 3.05) is 19.6 Å². The second kappa shape index (κ2) is 6.75. The second-order valence-corrected chi connectivity index (χ2v) is 8.94. The summed E-state index contributed by atoms with van der Waals surface area (Å²) >= 11 is 8.09. The molecule has 128 valence electrons. The zero-order valence-corrected chi connectivity index (χ0v) is 15.2. The minimum Gasteiger partial charge on any atom is -0.390 e. The summed E-state index contributed by atoms with van der Waals surface area (Å²) in [5.41, 5.74) is 2.58. The lowest BCUT2D eigenvalue weighted by Gasteiger charge is -2.27. The molecule has 24 heavy (non-hydrogen) atoms. The summed E-state index contributed by atoms with van der Waals surface area (Å²) in [6.07, 6.45) is 7.79. The first-order valence-electron chi connectivity index (χ1n) is 8.57. The smallest absolute Gasteiger partial charge is 0.0901 e. The van der Waals surface area contributed by atoms with Gasteiger partial charge in [-0.15, -0.1) is 11.6 Å². The molecular weight excluding hydrogens is 340 g/mol. The predicted molar refractivity (Wildman–Crippen MR) is 101 cm³/mol. The van der Waals surface area contributed by atoms with Crippen LogP contribution in [0.25, 0.3) is 0 Å². The molecule has 0 aromatic heterocycles. The maximum Gasteiger partial charge on any atom is 0.0901 e. The molecule has 1 unspecified atom stereocenters. The van der Waals surface area contributed by atoms with Crippen LogP contribution in [0, 0.1) is 0 Å². The maximum atomic E-state index is 10.8. The van der Waals surface area contributed by atoms with Gasteiger partial charge in [0.2, 0.25) is 0 Å². The number of alkyl halides is 1. The van der Waals surface area contributed by atoms with E-state index in [-0.39, 0.29) is 16.2 Å². The number of nitrogens with zero attached hydrogens (tertiary/aromatic N) is 2. The van der Waals surface area contributed by atoms with Crippen LogP contribution in [0.3, 0.4) is 0 Å². The molecule has 1 N–H and O–H groups in total. The summed E-state index contributed by atoms with van der Waals surface area (Å²) in [6.45, 7) is 3.65. The number of aliphatic hydroxyl groups is 1. The highest BCUT2D eigenvalue weighted by Gasteiger charge is 2.51. The van der Waals surface area contributed by atoms with E-state index in [0.29, 0.717) is 6.54 Å². The van der Waals surface area contributed by atoms with Crippen molar-refractivity contribution in [1.82, 2.24) is 9.21 Å². The Morgan fingerprint density at radius 3 is 2.92 bits per heavy atom. The summed E-state index contributed by atoms with van der Waals surface area (Å²) < 4.78 is 2.20. The fourth-order valence-corrected chi connectivity index (χ4v) is 5.60. The second-order valence-electron chi connectivity index (χ2n) is 6.94. The number of likely N-dealkylation sites (tertiary alicyclic amines) is 1. The Labute approximate surface area is 153 Å². The zero-order chi connectivity index (χ0) is 16.6. The number of benzene rings is 1. The van der Waals surface area contributed by atoms with E-state index in [4.69, 9.17) is 11.6 Å². The number of rotatable bonds is 3. The SMILES string of the molecule is O[C@H]1CN(C2=CC=CC(Cl)C2)S[C@@]12CCN(Cc1ccccc1)C2. The fourth-order valence-electron chi connectivity index (χ4n) is 3.83. The average molecular weight is 363 g/mol. The van der Waals surface area contributed by atoms with Gasteiger partial charge >= 0.3 is 0 Å². The molecule has 0 saturated carbocycles. The summed E-state index contributed by atoms with van der Waals surface area (Å²) in [6, 6.07) is 10.6. The van der Waals surface area contributed by atoms with Gasteiger partial charge < -0.3 is 9.41 Å². The molecule has 1 aliphatic carbocycles. The molecule has 1 spiro atoms. The van der Waals surface area contributed by atoms with E-state index >= 15 is 0 Å². The lowest BCUT2D eigenvalue weighted by Crippen LogP contribution is -2.39. The first-order chi connectivity index (χ1) is 11.6. The normalized spacial score (nSPS) is 33.4. The molecule has 2 heterocycles. The van der Waals surface area contributed by atoms with Crippen LogP contribution < -0.4 is 0 Å². The van der Waals surface area contributed by atoms with Crippen LogP contribution in [0.5, 0.6) is 0 Å². The number of allylic oxidation sites excluding steroid dienone is 4. The Morgan fingerprint density at radius 2 is 2.12 bits per heavy atom. The van der Waals surface area contributed by atoms with Crippen molar-refractivity contribution in [3.63, 3.8) is 0 Å². The quantitative estimate of drug-likeness (QED) is 0.658. The fraction of sp³-hybridized carbons (Fsp3) is 0.474. The van der Waals surface area contributed by atoms with Crippen molar-refractivity contribution in [1.29, 1.82) is 0 Å². The molecular formula is C19H23ClN2OS. The van der Waals surface area contributed by atoms with Gasteiger partial charge in [-0.3, -0.25) is 4.90 Å². The number of halogens is 1. The van der Waals surface area contributed by atoms with Gasteiger partial charge in [0.05, 0.1) is 22.8 Å². The lowest BCUT2D eigenvalue weighted by molar-refractivity contribution is 0.131. The van der Waals surface area contributed by atoms with E-state index in [0.717, 1.165) is 32.5 Å². The maximum absolute atomic E-state index is 10.8. The van der Waals surface area contributed by atoms with Crippen molar-refractivity contribution in [2.45, 2.75) is 35.6 Å².